The van der Waals surface area contributed by atoms with Crippen molar-refractivity contribution in [1.82, 2.24) is 10.3 Å². The van der Waals surface area contributed by atoms with Gasteiger partial charge in [-0.1, -0.05) is 0 Å². The normalized spacial score (nSPS) is 11.2. The summed E-state index contributed by atoms with van der Waals surface area (Å²) in [5.41, 5.74) is 0.399. The summed E-state index contributed by atoms with van der Waals surface area (Å²) in [6, 6.07) is 3.01. The maximum atomic E-state index is 11.7. The van der Waals surface area contributed by atoms with Crippen molar-refractivity contribution in [3.8, 4) is 0 Å². The lowest BCUT2D eigenvalue weighted by Crippen LogP contribution is -2.28. The highest BCUT2D eigenvalue weighted by Gasteiger charge is 2.27. The number of carbonyl (C=O) groups excluding carboxylic acids is 1. The van der Waals surface area contributed by atoms with Crippen LogP contribution in [0.3, 0.4) is 0 Å². The maximum Gasteiger partial charge on any atom is 0.411 e. The van der Waals surface area contributed by atoms with E-state index >= 15 is 0 Å². The van der Waals surface area contributed by atoms with Crippen molar-refractivity contribution < 1.29 is 22.7 Å². The van der Waals surface area contributed by atoms with Crippen LogP contribution in [0, 0.1) is 0 Å². The van der Waals surface area contributed by atoms with Crippen molar-refractivity contribution in [3.63, 3.8) is 0 Å². The summed E-state index contributed by atoms with van der Waals surface area (Å²) < 4.78 is 39.4. The molecule has 0 atom stereocenters. The van der Waals surface area contributed by atoms with Crippen LogP contribution in [0.2, 0.25) is 0 Å². The molecule has 94 valence electrons. The van der Waals surface area contributed by atoms with Crippen LogP contribution in [0.5, 0.6) is 0 Å². The number of nitrogens with one attached hydrogen (secondary N) is 1. The van der Waals surface area contributed by atoms with Gasteiger partial charge in [-0.05, 0) is 12.1 Å². The number of halogens is 3. The first kappa shape index (κ1) is 13.4. The molecule has 0 fully saturated rings. The van der Waals surface area contributed by atoms with Crippen LogP contribution in [0.1, 0.15) is 10.4 Å². The molecule has 0 aliphatic rings. The number of pyridine rings is 1. The van der Waals surface area contributed by atoms with Crippen molar-refractivity contribution in [3.05, 3.63) is 30.1 Å². The fourth-order valence-electron chi connectivity index (χ4n) is 1.03. The Balaban J connectivity index is 2.18. The fourth-order valence-corrected chi connectivity index (χ4v) is 1.03. The molecular formula is C10H11F3N2O2. The van der Waals surface area contributed by atoms with E-state index in [1.807, 2.05) is 0 Å². The zero-order chi connectivity index (χ0) is 12.7. The molecule has 0 aliphatic carbocycles. The average molecular weight is 248 g/mol. The SMILES string of the molecule is O=C(NCCOCC(F)(F)F)c1ccncc1. The van der Waals surface area contributed by atoms with Crippen LogP contribution in [-0.4, -0.2) is 36.8 Å². The number of hydrogen-bond donors (Lipinski definition) is 1. The zero-order valence-corrected chi connectivity index (χ0v) is 8.83. The van der Waals surface area contributed by atoms with E-state index in [-0.39, 0.29) is 19.1 Å². The van der Waals surface area contributed by atoms with Gasteiger partial charge in [-0.25, -0.2) is 0 Å². The van der Waals surface area contributed by atoms with Crippen molar-refractivity contribution >= 4 is 5.91 Å². The molecule has 7 heteroatoms. The fraction of sp³-hybridized carbons (Fsp3) is 0.400. The number of amides is 1. The first-order valence-electron chi connectivity index (χ1n) is 4.82. The third-order valence-electron chi connectivity index (χ3n) is 1.74. The number of alkyl halides is 3. The molecule has 0 saturated carbocycles. The Kier molecular flexibility index (Phi) is 4.89. The van der Waals surface area contributed by atoms with Gasteiger partial charge in [0.1, 0.15) is 6.61 Å². The van der Waals surface area contributed by atoms with Crippen molar-refractivity contribution in [2.24, 2.45) is 0 Å². The second kappa shape index (κ2) is 6.19. The standard InChI is InChI=1S/C10H11F3N2O2/c11-10(12,13)7-17-6-5-15-9(16)8-1-3-14-4-2-8/h1-4H,5-7H2,(H,15,16). The van der Waals surface area contributed by atoms with Gasteiger partial charge in [0.15, 0.2) is 0 Å². The number of rotatable bonds is 5. The molecule has 0 radical (unpaired) electrons. The summed E-state index contributed by atoms with van der Waals surface area (Å²) in [4.78, 5) is 15.1. The van der Waals surface area contributed by atoms with Crippen LogP contribution in [0.25, 0.3) is 0 Å². The van der Waals surface area contributed by atoms with Gasteiger partial charge >= 0.3 is 6.18 Å². The summed E-state index contributed by atoms with van der Waals surface area (Å²) >= 11 is 0. The smallest absolute Gasteiger partial charge is 0.370 e. The molecule has 0 spiro atoms. The van der Waals surface area contributed by atoms with Crippen LogP contribution >= 0.6 is 0 Å². The minimum absolute atomic E-state index is 0.0250. The van der Waals surface area contributed by atoms with Crippen LogP contribution in [0.4, 0.5) is 13.2 Å². The molecular weight excluding hydrogens is 237 g/mol. The molecule has 0 aliphatic heterocycles. The monoisotopic (exact) mass is 248 g/mol. The molecule has 1 aromatic heterocycles. The Morgan fingerprint density at radius 3 is 2.59 bits per heavy atom. The first-order chi connectivity index (χ1) is 7.99. The molecule has 1 amide bonds. The Bertz CT molecular complexity index is 354. The summed E-state index contributed by atoms with van der Waals surface area (Å²) in [5, 5.41) is 2.43. The Labute approximate surface area is 95.8 Å². The number of ether oxygens (including phenoxy) is 1. The van der Waals surface area contributed by atoms with Crippen LogP contribution < -0.4 is 5.32 Å². The molecule has 1 aromatic rings. The predicted molar refractivity (Wildman–Crippen MR) is 53.4 cm³/mol. The van der Waals surface area contributed by atoms with E-state index in [0.29, 0.717) is 5.56 Å². The Morgan fingerprint density at radius 1 is 1.35 bits per heavy atom. The Morgan fingerprint density at radius 2 is 2.00 bits per heavy atom. The van der Waals surface area contributed by atoms with Gasteiger partial charge in [0.2, 0.25) is 0 Å². The van der Waals surface area contributed by atoms with Gasteiger partial charge in [-0.3, -0.25) is 9.78 Å². The van der Waals surface area contributed by atoms with Crippen molar-refractivity contribution in [1.29, 1.82) is 0 Å². The molecule has 0 unspecified atom stereocenters. The molecule has 1 rings (SSSR count). The van der Waals surface area contributed by atoms with Gasteiger partial charge < -0.3 is 10.1 Å². The topological polar surface area (TPSA) is 51.2 Å². The predicted octanol–water partition coefficient (Wildman–Crippen LogP) is 1.39. The van der Waals surface area contributed by atoms with Crippen molar-refractivity contribution in [2.75, 3.05) is 19.8 Å². The molecule has 1 heterocycles. The van der Waals surface area contributed by atoms with Gasteiger partial charge in [0, 0.05) is 24.5 Å². The van der Waals surface area contributed by atoms with E-state index in [1.165, 1.54) is 24.5 Å². The molecule has 1 N–H and O–H groups in total. The summed E-state index contributed by atoms with van der Waals surface area (Å²) in [7, 11) is 0. The highest BCUT2D eigenvalue weighted by atomic mass is 19.4. The van der Waals surface area contributed by atoms with Gasteiger partial charge in [0.25, 0.3) is 5.91 Å². The van der Waals surface area contributed by atoms with Gasteiger partial charge in [-0.15, -0.1) is 0 Å². The lowest BCUT2D eigenvalue weighted by molar-refractivity contribution is -0.173. The van der Waals surface area contributed by atoms with Crippen LogP contribution in [0.15, 0.2) is 24.5 Å². The van der Waals surface area contributed by atoms with E-state index in [4.69, 9.17) is 0 Å². The molecule has 0 bridgehead atoms. The highest BCUT2D eigenvalue weighted by Crippen LogP contribution is 2.13. The van der Waals surface area contributed by atoms with Crippen LogP contribution in [-0.2, 0) is 4.74 Å². The summed E-state index contributed by atoms with van der Waals surface area (Å²) in [6.07, 6.45) is -1.43. The van der Waals surface area contributed by atoms with E-state index in [0.717, 1.165) is 0 Å². The maximum absolute atomic E-state index is 11.7. The summed E-state index contributed by atoms with van der Waals surface area (Å²) in [5.74, 6) is -0.372. The summed E-state index contributed by atoms with van der Waals surface area (Å²) in [6.45, 7) is -1.47. The van der Waals surface area contributed by atoms with E-state index in [2.05, 4.69) is 15.0 Å². The number of hydrogen-bond acceptors (Lipinski definition) is 3. The molecule has 17 heavy (non-hydrogen) atoms. The molecule has 0 aromatic carbocycles. The Hall–Kier alpha value is -1.63. The largest absolute Gasteiger partial charge is 0.411 e. The minimum atomic E-state index is -4.34. The molecule has 4 nitrogen and oxygen atoms in total. The van der Waals surface area contributed by atoms with Gasteiger partial charge in [-0.2, -0.15) is 13.2 Å². The van der Waals surface area contributed by atoms with Crippen molar-refractivity contribution in [2.45, 2.75) is 6.18 Å². The number of carbonyl (C=O) groups is 1. The second-order valence-corrected chi connectivity index (χ2v) is 3.16. The van der Waals surface area contributed by atoms with Gasteiger partial charge in [0.05, 0.1) is 6.61 Å². The lowest BCUT2D eigenvalue weighted by Gasteiger charge is -2.08. The first-order valence-corrected chi connectivity index (χ1v) is 4.82. The minimum Gasteiger partial charge on any atom is -0.370 e. The zero-order valence-electron chi connectivity index (χ0n) is 8.83. The average Bonchev–Trinajstić information content (AvgIpc) is 2.28. The third-order valence-corrected chi connectivity index (χ3v) is 1.74. The van der Waals surface area contributed by atoms with E-state index in [9.17, 15) is 18.0 Å². The third kappa shape index (κ3) is 5.86. The van der Waals surface area contributed by atoms with E-state index < -0.39 is 12.8 Å². The number of nitrogens with zero attached hydrogens (tertiary/aromatic N) is 1. The number of aromatic nitrogens is 1. The second-order valence-electron chi connectivity index (χ2n) is 3.16. The highest BCUT2D eigenvalue weighted by molar-refractivity contribution is 5.93. The lowest BCUT2D eigenvalue weighted by atomic mass is 10.2. The van der Waals surface area contributed by atoms with E-state index in [1.54, 1.807) is 0 Å². The molecule has 0 saturated heterocycles. The quantitative estimate of drug-likeness (QED) is 0.801.